The van der Waals surface area contributed by atoms with Crippen LogP contribution in [0.15, 0.2) is 40.7 Å². The van der Waals surface area contributed by atoms with Crippen LogP contribution in [-0.4, -0.2) is 5.11 Å². The highest BCUT2D eigenvalue weighted by Gasteiger charge is 2.07. The molecule has 0 aliphatic heterocycles. The van der Waals surface area contributed by atoms with Gasteiger partial charge in [0.05, 0.1) is 0 Å². The summed E-state index contributed by atoms with van der Waals surface area (Å²) in [6.45, 7) is 1.80. The number of allylic oxidation sites excluding steroid dienone is 4. The predicted octanol–water partition coefficient (Wildman–Crippen LogP) is 4.74. The quantitative estimate of drug-likeness (QED) is 0.800. The molecule has 1 N–H and O–H groups in total. The fraction of sp³-hybridized carbons (Fsp3) is 0.167. The second-order valence-electron chi connectivity index (χ2n) is 3.20. The molecule has 1 rings (SSSR count). The first-order chi connectivity index (χ1) is 7.54. The van der Waals surface area contributed by atoms with Gasteiger partial charge in [-0.1, -0.05) is 23.7 Å². The lowest BCUT2D eigenvalue weighted by Crippen LogP contribution is -1.88. The Bertz CT molecular complexity index is 441. The van der Waals surface area contributed by atoms with Gasteiger partial charge in [-0.3, -0.25) is 0 Å². The van der Waals surface area contributed by atoms with Crippen molar-refractivity contribution in [2.75, 3.05) is 0 Å². The van der Waals surface area contributed by atoms with Crippen molar-refractivity contribution in [1.29, 1.82) is 0 Å². The van der Waals surface area contributed by atoms with Crippen molar-refractivity contribution >= 4 is 27.5 Å². The summed E-state index contributed by atoms with van der Waals surface area (Å²) >= 11 is 8.79. The topological polar surface area (TPSA) is 20.2 Å². The minimum Gasteiger partial charge on any atom is -0.508 e. The summed E-state index contributed by atoms with van der Waals surface area (Å²) in [4.78, 5) is 0. The summed E-state index contributed by atoms with van der Waals surface area (Å²) in [5.41, 5.74) is 0.503. The molecular formula is C12H11BrClFO. The van der Waals surface area contributed by atoms with Gasteiger partial charge in [0, 0.05) is 21.5 Å². The van der Waals surface area contributed by atoms with E-state index in [2.05, 4.69) is 15.9 Å². The molecule has 0 aliphatic carbocycles. The molecule has 0 atom stereocenters. The summed E-state index contributed by atoms with van der Waals surface area (Å²) in [5, 5.41) is 9.97. The van der Waals surface area contributed by atoms with Crippen LogP contribution in [0, 0.1) is 0 Å². The average molecular weight is 306 g/mol. The number of rotatable bonds is 3. The van der Waals surface area contributed by atoms with Crippen molar-refractivity contribution in [2.45, 2.75) is 13.3 Å². The third-order valence-electron chi connectivity index (χ3n) is 1.97. The molecule has 0 unspecified atom stereocenters. The second kappa shape index (κ2) is 6.06. The molecule has 1 aromatic rings. The van der Waals surface area contributed by atoms with Crippen LogP contribution in [0.4, 0.5) is 4.39 Å². The Balaban J connectivity index is 2.93. The van der Waals surface area contributed by atoms with Gasteiger partial charge in [-0.15, -0.1) is 0 Å². The maximum atomic E-state index is 13.6. The highest BCUT2D eigenvalue weighted by atomic mass is 79.9. The molecule has 1 nitrogen and oxygen atoms in total. The molecule has 0 heterocycles. The van der Waals surface area contributed by atoms with E-state index in [1.54, 1.807) is 31.2 Å². The van der Waals surface area contributed by atoms with Crippen molar-refractivity contribution in [3.63, 3.8) is 0 Å². The Morgan fingerprint density at radius 2 is 2.25 bits per heavy atom. The van der Waals surface area contributed by atoms with Gasteiger partial charge < -0.3 is 5.11 Å². The normalized spacial score (nSPS) is 13.0. The summed E-state index contributed by atoms with van der Waals surface area (Å²) in [7, 11) is 0. The molecule has 0 bridgehead atoms. The van der Waals surface area contributed by atoms with Gasteiger partial charge in [0.2, 0.25) is 0 Å². The van der Waals surface area contributed by atoms with Crippen LogP contribution in [-0.2, 0) is 6.42 Å². The maximum Gasteiger partial charge on any atom is 0.120 e. The van der Waals surface area contributed by atoms with Crippen LogP contribution in [0.2, 0.25) is 5.02 Å². The third-order valence-corrected chi connectivity index (χ3v) is 2.89. The first kappa shape index (κ1) is 13.3. The number of phenols is 1. The van der Waals surface area contributed by atoms with Gasteiger partial charge in [0.25, 0.3) is 0 Å². The lowest BCUT2D eigenvalue weighted by molar-refractivity contribution is 0.466. The zero-order chi connectivity index (χ0) is 12.1. The molecule has 4 heteroatoms. The number of benzene rings is 1. The standard InChI is InChI=1S/C12H11BrClFO/c1-2-3-10(13)11(15)6-8-4-5-9(14)7-12(8)16/h2-5,7,16H,6H2,1H3/b3-2-,11-10-. The highest BCUT2D eigenvalue weighted by Crippen LogP contribution is 2.27. The first-order valence-electron chi connectivity index (χ1n) is 4.69. The Labute approximate surface area is 107 Å². The van der Waals surface area contributed by atoms with Crippen LogP contribution >= 0.6 is 27.5 Å². The van der Waals surface area contributed by atoms with Crippen LogP contribution in [0.5, 0.6) is 5.75 Å². The highest BCUT2D eigenvalue weighted by molar-refractivity contribution is 9.11. The smallest absolute Gasteiger partial charge is 0.120 e. The molecule has 0 aromatic heterocycles. The zero-order valence-corrected chi connectivity index (χ0v) is 11.0. The third kappa shape index (κ3) is 3.65. The van der Waals surface area contributed by atoms with Crippen LogP contribution < -0.4 is 0 Å². The molecule has 0 saturated heterocycles. The molecule has 0 amide bonds. The number of hydrogen-bond acceptors (Lipinski definition) is 1. The van der Waals surface area contributed by atoms with Crippen molar-refractivity contribution < 1.29 is 9.50 Å². The fourth-order valence-corrected chi connectivity index (χ4v) is 1.75. The van der Waals surface area contributed by atoms with Crippen molar-refractivity contribution in [3.05, 3.63) is 51.2 Å². The summed E-state index contributed by atoms with van der Waals surface area (Å²) in [6.07, 6.45) is 3.38. The van der Waals surface area contributed by atoms with Gasteiger partial charge in [-0.05, 0) is 41.1 Å². The molecule has 0 spiro atoms. The van der Waals surface area contributed by atoms with Crippen molar-refractivity contribution in [2.24, 2.45) is 0 Å². The first-order valence-corrected chi connectivity index (χ1v) is 5.86. The Kier molecular flexibility index (Phi) is 5.03. The van der Waals surface area contributed by atoms with E-state index in [0.29, 0.717) is 15.1 Å². The van der Waals surface area contributed by atoms with E-state index in [1.165, 1.54) is 6.07 Å². The number of hydrogen-bond donors (Lipinski definition) is 1. The summed E-state index contributed by atoms with van der Waals surface area (Å²) in [5.74, 6) is -0.334. The average Bonchev–Trinajstić information content (AvgIpc) is 2.22. The maximum absolute atomic E-state index is 13.6. The zero-order valence-electron chi connectivity index (χ0n) is 8.67. The molecule has 1 aromatic carbocycles. The van der Waals surface area contributed by atoms with E-state index in [4.69, 9.17) is 11.6 Å². The Hall–Kier alpha value is -0.800. The lowest BCUT2D eigenvalue weighted by atomic mass is 10.1. The SMILES string of the molecule is C/C=C\C(Br)=C(\F)Cc1ccc(Cl)cc1O. The van der Waals surface area contributed by atoms with Gasteiger partial charge in [0.15, 0.2) is 0 Å². The van der Waals surface area contributed by atoms with Crippen LogP contribution in [0.25, 0.3) is 0 Å². The molecule has 86 valence electrons. The van der Waals surface area contributed by atoms with Gasteiger partial charge in [-0.25, -0.2) is 4.39 Å². The molecule has 0 fully saturated rings. The number of halogens is 3. The molecule has 0 aliphatic rings. The fourth-order valence-electron chi connectivity index (χ4n) is 1.17. The Morgan fingerprint density at radius 3 is 2.81 bits per heavy atom. The molecule has 16 heavy (non-hydrogen) atoms. The largest absolute Gasteiger partial charge is 0.508 e. The number of aromatic hydroxyl groups is 1. The van der Waals surface area contributed by atoms with E-state index < -0.39 is 0 Å². The minimum atomic E-state index is -0.337. The minimum absolute atomic E-state index is 0.00317. The van der Waals surface area contributed by atoms with Gasteiger partial charge in [-0.2, -0.15) is 0 Å². The van der Waals surface area contributed by atoms with E-state index in [1.807, 2.05) is 0 Å². The Morgan fingerprint density at radius 1 is 1.56 bits per heavy atom. The molecular weight excluding hydrogens is 294 g/mol. The monoisotopic (exact) mass is 304 g/mol. The van der Waals surface area contributed by atoms with E-state index in [-0.39, 0.29) is 18.0 Å². The van der Waals surface area contributed by atoms with E-state index in [0.717, 1.165) is 0 Å². The second-order valence-corrected chi connectivity index (χ2v) is 4.49. The van der Waals surface area contributed by atoms with Gasteiger partial charge >= 0.3 is 0 Å². The summed E-state index contributed by atoms with van der Waals surface area (Å²) < 4.78 is 14.0. The number of phenolic OH excluding ortho intramolecular Hbond substituents is 1. The van der Waals surface area contributed by atoms with Crippen molar-refractivity contribution in [3.8, 4) is 5.75 Å². The molecule has 0 radical (unpaired) electrons. The molecule has 0 saturated carbocycles. The summed E-state index contributed by atoms with van der Waals surface area (Å²) in [6, 6.07) is 4.62. The van der Waals surface area contributed by atoms with E-state index in [9.17, 15) is 9.50 Å². The lowest BCUT2D eigenvalue weighted by Gasteiger charge is -2.04. The van der Waals surface area contributed by atoms with Crippen molar-refractivity contribution in [1.82, 2.24) is 0 Å². The van der Waals surface area contributed by atoms with Crippen LogP contribution in [0.3, 0.4) is 0 Å². The van der Waals surface area contributed by atoms with Gasteiger partial charge in [0.1, 0.15) is 11.6 Å². The van der Waals surface area contributed by atoms with E-state index >= 15 is 0 Å². The predicted molar refractivity (Wildman–Crippen MR) is 68.7 cm³/mol. The van der Waals surface area contributed by atoms with Crippen LogP contribution in [0.1, 0.15) is 12.5 Å².